The van der Waals surface area contributed by atoms with Crippen molar-refractivity contribution in [3.05, 3.63) is 77.4 Å². The third-order valence-electron chi connectivity index (χ3n) is 6.10. The molecule has 0 aliphatic heterocycles. The Balaban J connectivity index is 1.53. The highest BCUT2D eigenvalue weighted by atomic mass is 16.5. The Morgan fingerprint density at radius 2 is 1.43 bits per heavy atom. The van der Waals surface area contributed by atoms with E-state index in [0.717, 1.165) is 22.3 Å². The van der Waals surface area contributed by atoms with E-state index in [-0.39, 0.29) is 18.9 Å². The van der Waals surface area contributed by atoms with Crippen molar-refractivity contribution in [2.75, 3.05) is 27.9 Å². The van der Waals surface area contributed by atoms with E-state index < -0.39 is 18.1 Å². The van der Waals surface area contributed by atoms with Crippen molar-refractivity contribution in [1.29, 1.82) is 0 Å². The standard InChI is InChI=1S/C27H27NO7/c1-32-23-12-16(13-24(33-2)26(23)34-3)22(14-25(29)30)28-27(31)35-15-21-19-10-6-4-8-17(19)18-9-5-7-11-20(18)21/h4-13,21-22H,14-15H2,1-3H3,(H,28,31)(H,29,30)/t22-/m0/s1. The van der Waals surface area contributed by atoms with Crippen LogP contribution in [0.2, 0.25) is 0 Å². The van der Waals surface area contributed by atoms with Gasteiger partial charge in [-0.15, -0.1) is 0 Å². The highest BCUT2D eigenvalue weighted by Gasteiger charge is 2.30. The Morgan fingerprint density at radius 1 is 0.886 bits per heavy atom. The van der Waals surface area contributed by atoms with Crippen molar-refractivity contribution >= 4 is 12.1 Å². The van der Waals surface area contributed by atoms with Crippen LogP contribution in [0.5, 0.6) is 17.2 Å². The third-order valence-corrected chi connectivity index (χ3v) is 6.10. The molecule has 0 fully saturated rings. The van der Waals surface area contributed by atoms with Crippen LogP contribution in [0, 0.1) is 0 Å². The van der Waals surface area contributed by atoms with Crippen molar-refractivity contribution in [2.45, 2.75) is 18.4 Å². The first-order chi connectivity index (χ1) is 17.0. The highest BCUT2D eigenvalue weighted by Crippen LogP contribution is 2.44. The van der Waals surface area contributed by atoms with Gasteiger partial charge in [-0.25, -0.2) is 4.79 Å². The lowest BCUT2D eigenvalue weighted by Gasteiger charge is -2.21. The van der Waals surface area contributed by atoms with Gasteiger partial charge in [0, 0.05) is 5.92 Å². The number of methoxy groups -OCH3 is 3. The van der Waals surface area contributed by atoms with E-state index in [4.69, 9.17) is 18.9 Å². The molecule has 8 heteroatoms. The van der Waals surface area contributed by atoms with Crippen LogP contribution < -0.4 is 19.5 Å². The summed E-state index contributed by atoms with van der Waals surface area (Å²) in [6.07, 6.45) is -1.07. The fourth-order valence-corrected chi connectivity index (χ4v) is 4.51. The van der Waals surface area contributed by atoms with Crippen LogP contribution in [0.15, 0.2) is 60.7 Å². The van der Waals surface area contributed by atoms with E-state index >= 15 is 0 Å². The topological polar surface area (TPSA) is 103 Å². The largest absolute Gasteiger partial charge is 0.493 e. The molecule has 8 nitrogen and oxygen atoms in total. The molecule has 0 saturated heterocycles. The lowest BCUT2D eigenvalue weighted by Crippen LogP contribution is -2.31. The molecule has 1 amide bonds. The van der Waals surface area contributed by atoms with Gasteiger partial charge in [0.1, 0.15) is 6.61 Å². The SMILES string of the molecule is COc1cc([C@H](CC(=O)O)NC(=O)OCC2c3ccccc3-c3ccccc32)cc(OC)c1OC. The number of hydrogen-bond donors (Lipinski definition) is 2. The highest BCUT2D eigenvalue weighted by molar-refractivity contribution is 5.79. The molecule has 0 aromatic heterocycles. The maximum Gasteiger partial charge on any atom is 0.407 e. The number of rotatable bonds is 9. The first-order valence-electron chi connectivity index (χ1n) is 11.1. The molecule has 0 heterocycles. The van der Waals surface area contributed by atoms with E-state index in [1.807, 2.05) is 36.4 Å². The number of alkyl carbamates (subject to hydrolysis) is 1. The van der Waals surface area contributed by atoms with E-state index in [1.54, 1.807) is 12.1 Å². The van der Waals surface area contributed by atoms with Crippen LogP contribution in [-0.2, 0) is 9.53 Å². The summed E-state index contributed by atoms with van der Waals surface area (Å²) in [6.45, 7) is 0.120. The summed E-state index contributed by atoms with van der Waals surface area (Å²) in [5.41, 5.74) is 4.91. The molecule has 0 saturated carbocycles. The zero-order valence-electron chi connectivity index (χ0n) is 19.7. The molecule has 0 radical (unpaired) electrons. The predicted octanol–water partition coefficient (Wildman–Crippen LogP) is 4.77. The van der Waals surface area contributed by atoms with Crippen molar-refractivity contribution in [1.82, 2.24) is 5.32 Å². The van der Waals surface area contributed by atoms with Gasteiger partial charge in [0.2, 0.25) is 5.75 Å². The Morgan fingerprint density at radius 3 is 1.91 bits per heavy atom. The van der Waals surface area contributed by atoms with Gasteiger partial charge in [0.25, 0.3) is 0 Å². The predicted molar refractivity (Wildman–Crippen MR) is 129 cm³/mol. The zero-order valence-corrected chi connectivity index (χ0v) is 19.7. The minimum Gasteiger partial charge on any atom is -0.493 e. The van der Waals surface area contributed by atoms with Gasteiger partial charge in [-0.3, -0.25) is 4.79 Å². The van der Waals surface area contributed by atoms with Gasteiger partial charge in [0.15, 0.2) is 11.5 Å². The fraction of sp³-hybridized carbons (Fsp3) is 0.259. The number of nitrogens with one attached hydrogen (secondary N) is 1. The number of aliphatic carboxylic acids is 1. The molecule has 3 aromatic rings. The van der Waals surface area contributed by atoms with Crippen LogP contribution in [0.4, 0.5) is 4.79 Å². The number of carboxylic acids is 1. The number of fused-ring (bicyclic) bond motifs is 3. The molecule has 3 aromatic carbocycles. The summed E-state index contributed by atoms with van der Waals surface area (Å²) < 4.78 is 21.7. The fourth-order valence-electron chi connectivity index (χ4n) is 4.51. The second-order valence-corrected chi connectivity index (χ2v) is 8.08. The molecule has 35 heavy (non-hydrogen) atoms. The number of amides is 1. The summed E-state index contributed by atoms with van der Waals surface area (Å²) in [7, 11) is 4.40. The first kappa shape index (κ1) is 23.9. The number of carboxylic acid groups (broad SMARTS) is 1. The number of carbonyl (C=O) groups is 2. The smallest absolute Gasteiger partial charge is 0.407 e. The Labute approximate surface area is 203 Å². The number of carbonyl (C=O) groups excluding carboxylic acids is 1. The zero-order chi connectivity index (χ0) is 24.9. The Hall–Kier alpha value is -4.20. The molecule has 4 rings (SSSR count). The molecule has 182 valence electrons. The van der Waals surface area contributed by atoms with Gasteiger partial charge >= 0.3 is 12.1 Å². The maximum absolute atomic E-state index is 12.8. The minimum atomic E-state index is -1.08. The molecule has 0 unspecified atom stereocenters. The molecule has 1 atom stereocenters. The molecular formula is C27H27NO7. The summed E-state index contributed by atoms with van der Waals surface area (Å²) in [6, 6.07) is 18.4. The van der Waals surface area contributed by atoms with Crippen LogP contribution >= 0.6 is 0 Å². The summed E-state index contributed by atoms with van der Waals surface area (Å²) >= 11 is 0. The lowest BCUT2D eigenvalue weighted by molar-refractivity contribution is -0.137. The van der Waals surface area contributed by atoms with E-state index in [0.29, 0.717) is 22.8 Å². The van der Waals surface area contributed by atoms with Gasteiger partial charge in [-0.1, -0.05) is 48.5 Å². The summed E-state index contributed by atoms with van der Waals surface area (Å²) in [5, 5.41) is 12.1. The van der Waals surface area contributed by atoms with Crippen LogP contribution in [0.1, 0.15) is 35.1 Å². The minimum absolute atomic E-state index is 0.104. The normalized spacial score (nSPS) is 12.8. The first-order valence-corrected chi connectivity index (χ1v) is 11.1. The van der Waals surface area contributed by atoms with Crippen LogP contribution in [-0.4, -0.2) is 45.1 Å². The number of benzene rings is 3. The van der Waals surface area contributed by atoms with Crippen molar-refractivity contribution < 1.29 is 33.6 Å². The van der Waals surface area contributed by atoms with Gasteiger partial charge in [-0.05, 0) is 39.9 Å². The van der Waals surface area contributed by atoms with Gasteiger partial charge in [0.05, 0.1) is 33.8 Å². The Kier molecular flexibility index (Phi) is 7.10. The van der Waals surface area contributed by atoms with Crippen molar-refractivity contribution in [3.8, 4) is 28.4 Å². The monoisotopic (exact) mass is 477 g/mol. The number of hydrogen-bond acceptors (Lipinski definition) is 6. The summed E-state index contributed by atoms with van der Waals surface area (Å²) in [4.78, 5) is 24.4. The average Bonchev–Trinajstić information content (AvgIpc) is 3.19. The second kappa shape index (κ2) is 10.4. The maximum atomic E-state index is 12.8. The van der Waals surface area contributed by atoms with Gasteiger partial charge < -0.3 is 29.4 Å². The molecule has 2 N–H and O–H groups in total. The Bertz CT molecular complexity index is 1170. The van der Waals surface area contributed by atoms with E-state index in [2.05, 4.69) is 17.4 Å². The van der Waals surface area contributed by atoms with Crippen molar-refractivity contribution in [3.63, 3.8) is 0 Å². The van der Waals surface area contributed by atoms with E-state index in [9.17, 15) is 14.7 Å². The molecule has 1 aliphatic rings. The van der Waals surface area contributed by atoms with Crippen LogP contribution in [0.3, 0.4) is 0 Å². The molecule has 0 spiro atoms. The van der Waals surface area contributed by atoms with Gasteiger partial charge in [-0.2, -0.15) is 0 Å². The number of ether oxygens (including phenoxy) is 4. The second-order valence-electron chi connectivity index (χ2n) is 8.08. The lowest BCUT2D eigenvalue weighted by atomic mass is 9.98. The molecular weight excluding hydrogens is 450 g/mol. The quantitative estimate of drug-likeness (QED) is 0.458. The molecule has 0 bridgehead atoms. The third kappa shape index (κ3) is 4.87. The average molecular weight is 478 g/mol. The van der Waals surface area contributed by atoms with E-state index in [1.165, 1.54) is 21.3 Å². The van der Waals surface area contributed by atoms with Crippen LogP contribution in [0.25, 0.3) is 11.1 Å². The summed E-state index contributed by atoms with van der Waals surface area (Å²) in [5.74, 6) is -0.109. The van der Waals surface area contributed by atoms with Crippen molar-refractivity contribution in [2.24, 2.45) is 0 Å². The molecule has 1 aliphatic carbocycles.